The molecule has 4 aromatic heterocycles. The molecule has 4 heterocycles. The molecule has 14 rings (SSSR count). The molecule has 0 aliphatic carbocycles. The quantitative estimate of drug-likeness (QED) is 0.0289. The number of hydrogen-bond donors (Lipinski definition) is 5. The van der Waals surface area contributed by atoms with Crippen LogP contribution in [0.15, 0.2) is 289 Å². The molecule has 6 N–H and O–H groups in total. The molecular weight excluding hydrogens is 1650 g/mol. The molecular formula is C81H80N6O10S2W2. The number of aliphatic hydroxyl groups is 2. The van der Waals surface area contributed by atoms with Gasteiger partial charge in [-0.1, -0.05) is 180 Å². The van der Waals surface area contributed by atoms with Crippen LogP contribution in [0.1, 0.15) is 111 Å². The van der Waals surface area contributed by atoms with Gasteiger partial charge in [-0.2, -0.15) is 0 Å². The van der Waals surface area contributed by atoms with Crippen molar-refractivity contribution in [1.82, 2.24) is 17.9 Å². The largest absolute Gasteiger partial charge is 0.387 e. The Balaban J connectivity index is 0.000000213. The number of nitro groups is 1. The van der Waals surface area contributed by atoms with Crippen LogP contribution in [0.4, 0.5) is 0 Å². The fourth-order valence-electron chi connectivity index (χ4n) is 11.7. The maximum absolute atomic E-state index is 13.0. The number of carbonyl (C=O) groups excluding carboxylic acids is 2. The number of fused-ring (bicyclic) bond motifs is 4. The van der Waals surface area contributed by atoms with E-state index in [0.717, 1.165) is 91.7 Å². The average Bonchev–Trinajstić information content (AvgIpc) is 1.66. The third-order valence-electron chi connectivity index (χ3n) is 16.6. The monoisotopic (exact) mass is 1730 g/mol. The molecule has 0 saturated carbocycles. The minimum absolute atomic E-state index is 0. The molecule has 20 heteroatoms. The number of aromatic nitrogens is 4. The van der Waals surface area contributed by atoms with E-state index in [1.165, 1.54) is 36.0 Å². The van der Waals surface area contributed by atoms with Gasteiger partial charge in [0.2, 0.25) is 6.54 Å². The zero-order valence-electron chi connectivity index (χ0n) is 52.8. The summed E-state index contributed by atoms with van der Waals surface area (Å²) in [5.74, 6) is 0. The summed E-state index contributed by atoms with van der Waals surface area (Å²) in [5.41, 5.74) is 20.2. The van der Waals surface area contributed by atoms with E-state index in [4.69, 9.17) is 5.73 Å². The van der Waals surface area contributed by atoms with Gasteiger partial charge in [-0.05, 0) is 189 Å². The Morgan fingerprint density at radius 1 is 0.426 bits per heavy atom. The van der Waals surface area contributed by atoms with Crippen molar-refractivity contribution in [3.05, 3.63) is 356 Å². The van der Waals surface area contributed by atoms with Crippen LogP contribution in [0.2, 0.25) is 0 Å². The van der Waals surface area contributed by atoms with E-state index in [2.05, 4.69) is 64.6 Å². The van der Waals surface area contributed by atoms with Crippen molar-refractivity contribution in [3.63, 3.8) is 0 Å². The average molecular weight is 1730 g/mol. The van der Waals surface area contributed by atoms with Crippen molar-refractivity contribution in [2.45, 2.75) is 70.0 Å². The first-order valence-electron chi connectivity index (χ1n) is 30.9. The van der Waals surface area contributed by atoms with Crippen LogP contribution in [0.5, 0.6) is 0 Å². The van der Waals surface area contributed by atoms with E-state index in [9.17, 15) is 46.8 Å². The molecule has 0 radical (unpaired) electrons. The zero-order valence-corrected chi connectivity index (χ0v) is 60.3. The smallest absolute Gasteiger partial charge is 0.268 e. The summed E-state index contributed by atoms with van der Waals surface area (Å²) in [6.45, 7) is -0.315. The molecule has 14 aromatic rings. The normalized spacial score (nSPS) is 11.4. The third kappa shape index (κ3) is 19.4. The van der Waals surface area contributed by atoms with Crippen molar-refractivity contribution in [2.75, 3.05) is 13.1 Å². The van der Waals surface area contributed by atoms with Crippen molar-refractivity contribution in [2.24, 2.45) is 5.73 Å². The van der Waals surface area contributed by atoms with Crippen LogP contribution in [0, 0.1) is 10.1 Å². The number of aldehydes is 2. The summed E-state index contributed by atoms with van der Waals surface area (Å²) in [5, 5.41) is 35.0. The van der Waals surface area contributed by atoms with Crippen LogP contribution in [-0.2, 0) is 87.9 Å². The first-order valence-corrected chi connectivity index (χ1v) is 33.8. The van der Waals surface area contributed by atoms with Gasteiger partial charge in [-0.3, -0.25) is 19.7 Å². The van der Waals surface area contributed by atoms with Gasteiger partial charge in [0.25, 0.3) is 20.0 Å². The molecule has 2 atom stereocenters. The Morgan fingerprint density at radius 3 is 1.15 bits per heavy atom. The first kappa shape index (κ1) is 80.2. The third-order valence-corrected chi connectivity index (χ3v) is 20.0. The number of aliphatic hydroxyl groups excluding tert-OH is 2. The van der Waals surface area contributed by atoms with E-state index in [1.807, 2.05) is 116 Å². The molecule has 0 fully saturated rings. The summed E-state index contributed by atoms with van der Waals surface area (Å²) in [6, 6.07) is 78.4. The van der Waals surface area contributed by atoms with Crippen molar-refractivity contribution < 1.29 is 83.7 Å². The number of H-pyrrole nitrogens is 2. The van der Waals surface area contributed by atoms with Crippen molar-refractivity contribution >= 4 is 76.2 Å². The van der Waals surface area contributed by atoms with Crippen LogP contribution in [0.3, 0.4) is 0 Å². The number of nitrogens with one attached hydrogen (secondary N) is 2. The Kier molecular flexibility index (Phi) is 29.5. The number of nitrogens with two attached hydrogens (primary N) is 1. The van der Waals surface area contributed by atoms with Crippen LogP contribution >= 0.6 is 0 Å². The standard InChI is InChI=1S/C23H20N2O5S.C22H17NO3S.C17H18N2O.C16H13NO.3CH4.2W/c26-23(16-25(27)28)21-9-5-4-6-18(21)14-17-10-11-22-19(15-17)12-13-24(22)31(29,30)20-7-2-1-3-8-20;24-16-20-7-5-4-6-18(20)14-17-10-11-22-19(15-17)12-13-23(22)27(25,26)21-8-2-1-3-9-21;18-11-17(20)15-4-2-1-3-13(15)9-12-5-6-16-14(10-12)7-8-19-16;18-11-15-4-2-1-3-13(15)9-12-5-6-16-14(10-12)7-8-17-16;;;;;/h1-13,15,23,26H,14,16H2;1-13,15-16H,14H2;1-8,10,17,19-20H,9,11,18H2;1-8,10-11,17H,9H2;3*1H4;;. The Morgan fingerprint density at radius 2 is 0.762 bits per heavy atom. The van der Waals surface area contributed by atoms with E-state index < -0.39 is 43.7 Å². The van der Waals surface area contributed by atoms with Gasteiger partial charge < -0.3 is 25.9 Å². The maximum atomic E-state index is 13.0. The molecule has 0 aliphatic rings. The number of nitrogens with zero attached hydrogens (tertiary/aromatic N) is 3. The number of rotatable bonds is 19. The van der Waals surface area contributed by atoms with Crippen LogP contribution in [-0.4, -0.2) is 75.5 Å². The van der Waals surface area contributed by atoms with Gasteiger partial charge in [0, 0.05) is 111 Å². The minimum Gasteiger partial charge on any atom is -0.387 e. The summed E-state index contributed by atoms with van der Waals surface area (Å²) in [4.78, 5) is 39.3. The second-order valence-electron chi connectivity index (χ2n) is 23.0. The van der Waals surface area contributed by atoms with Gasteiger partial charge in [-0.25, -0.2) is 24.8 Å². The second kappa shape index (κ2) is 37.1. The number of aromatic amines is 2. The van der Waals surface area contributed by atoms with E-state index >= 15 is 0 Å². The van der Waals surface area contributed by atoms with E-state index in [1.54, 1.807) is 103 Å². The Labute approximate surface area is 618 Å². The summed E-state index contributed by atoms with van der Waals surface area (Å²) < 4.78 is 54.3. The molecule has 0 saturated heterocycles. The summed E-state index contributed by atoms with van der Waals surface area (Å²) in [7, 11) is -7.34. The van der Waals surface area contributed by atoms with Gasteiger partial charge in [-0.15, -0.1) is 0 Å². The van der Waals surface area contributed by atoms with E-state index in [0.29, 0.717) is 35.0 Å². The Hall–Kier alpha value is -9.74. The number of hydrogen-bond acceptors (Lipinski definition) is 11. The number of benzene rings is 10. The van der Waals surface area contributed by atoms with Gasteiger partial charge in [0.1, 0.15) is 18.7 Å². The van der Waals surface area contributed by atoms with E-state index in [-0.39, 0.29) is 80.7 Å². The molecule has 10 aromatic carbocycles. The molecule has 0 spiro atoms. The summed E-state index contributed by atoms with van der Waals surface area (Å²) in [6.07, 6.45) is 9.65. The first-order chi connectivity index (χ1) is 46.6. The topological polar surface area (TPSA) is 253 Å². The molecule has 0 amide bonds. The van der Waals surface area contributed by atoms with Crippen molar-refractivity contribution in [3.8, 4) is 0 Å². The fourth-order valence-corrected chi connectivity index (χ4v) is 14.5. The number of carbonyl (C=O) groups is 2. The fraction of sp³-hybridized carbons (Fsp3) is 0.136. The molecule has 518 valence electrons. The predicted molar refractivity (Wildman–Crippen MR) is 397 cm³/mol. The SMILES string of the molecule is C.C.C.NCC(O)c1ccccc1Cc1ccc2[nH]ccc2c1.O=Cc1ccccc1Cc1ccc2[nH]ccc2c1.O=Cc1ccccc1Cc1ccc2c(ccn2S(=O)(=O)c2ccccc2)c1.O=[N+]([O-])CC(O)c1ccccc1Cc1ccc2c(ccn2S(=O)(=O)c2ccccc2)c1.[W].[W]. The van der Waals surface area contributed by atoms with Crippen LogP contribution < -0.4 is 5.73 Å². The predicted octanol–water partition coefficient (Wildman–Crippen LogP) is 16.3. The Bertz CT molecular complexity index is 5290. The minimum atomic E-state index is -3.70. The van der Waals surface area contributed by atoms with Gasteiger partial charge in [0.15, 0.2) is 0 Å². The van der Waals surface area contributed by atoms with Crippen LogP contribution in [0.25, 0.3) is 43.6 Å². The van der Waals surface area contributed by atoms with Gasteiger partial charge >= 0.3 is 0 Å². The maximum Gasteiger partial charge on any atom is 0.268 e. The summed E-state index contributed by atoms with van der Waals surface area (Å²) >= 11 is 0. The molecule has 0 bridgehead atoms. The molecule has 101 heavy (non-hydrogen) atoms. The molecule has 0 aliphatic heterocycles. The molecule has 2 unspecified atom stereocenters. The molecule has 16 nitrogen and oxygen atoms in total. The van der Waals surface area contributed by atoms with Crippen molar-refractivity contribution in [1.29, 1.82) is 0 Å². The zero-order chi connectivity index (χ0) is 67.2. The van der Waals surface area contributed by atoms with Gasteiger partial charge in [0.05, 0.1) is 26.9 Å². The second-order valence-corrected chi connectivity index (χ2v) is 26.6.